The fourth-order valence-corrected chi connectivity index (χ4v) is 3.56. The van der Waals surface area contributed by atoms with E-state index in [1.807, 2.05) is 6.08 Å². The van der Waals surface area contributed by atoms with Gasteiger partial charge >= 0.3 is 35.5 Å². The number of nitrogens with two attached hydrogens (primary N) is 1. The number of hydrogen-bond acceptors (Lipinski definition) is 6. The van der Waals surface area contributed by atoms with Crippen molar-refractivity contribution >= 4 is 51.8 Å². The minimum absolute atomic E-state index is 0. The van der Waals surface area contributed by atoms with Gasteiger partial charge in [0, 0.05) is 27.5 Å². The molecule has 0 radical (unpaired) electrons. The average Bonchev–Trinajstić information content (AvgIpc) is 2.71. The number of amides is 1. The Hall–Kier alpha value is -1.88. The third-order valence-electron chi connectivity index (χ3n) is 4.48. The number of esters is 1. The Labute approximate surface area is 210 Å². The molecule has 0 heterocycles. The number of rotatable bonds is 7. The van der Waals surface area contributed by atoms with Crippen LogP contribution in [0, 0.1) is 0 Å². The Kier molecular flexibility index (Phi) is 9.54. The molecule has 0 saturated carbocycles. The molecule has 0 aromatic heterocycles. The predicted octanol–water partition coefficient (Wildman–Crippen LogP) is 0.911. The molecule has 11 heteroatoms. The molecule has 0 saturated heterocycles. The zero-order valence-electron chi connectivity index (χ0n) is 17.8. The summed E-state index contributed by atoms with van der Waals surface area (Å²) in [6.45, 7) is 0. The van der Waals surface area contributed by atoms with Crippen LogP contribution >= 0.6 is 11.6 Å². The number of ether oxygens (including phenoxy) is 1. The summed E-state index contributed by atoms with van der Waals surface area (Å²) in [4.78, 5) is 24.8. The maximum Gasteiger partial charge on any atom is 1.00 e. The van der Waals surface area contributed by atoms with Gasteiger partial charge in [-0.15, -0.1) is 0 Å². The quantitative estimate of drug-likeness (QED) is 0.237. The van der Waals surface area contributed by atoms with Gasteiger partial charge in [-0.2, -0.15) is 0 Å². The number of carbonyl (C=O) groups excluding carboxylic acids is 2. The summed E-state index contributed by atoms with van der Waals surface area (Å²) in [6, 6.07) is 9.20. The van der Waals surface area contributed by atoms with Crippen LogP contribution in [-0.2, 0) is 16.1 Å². The molecule has 0 fully saturated rings. The van der Waals surface area contributed by atoms with Crippen molar-refractivity contribution in [2.45, 2.75) is 25.7 Å². The molecular formula is C20H20ClN3NaO5S-. The number of allylic oxidation sites excluding steroid dienone is 1. The molecule has 1 atom stereocenters. The van der Waals surface area contributed by atoms with Crippen LogP contribution < -0.4 is 50.1 Å². The number of primary amides is 1. The summed E-state index contributed by atoms with van der Waals surface area (Å²) >= 11 is 3.23. The van der Waals surface area contributed by atoms with Gasteiger partial charge in [-0.05, 0) is 62.1 Å². The fourth-order valence-electron chi connectivity index (χ4n) is 3.08. The summed E-state index contributed by atoms with van der Waals surface area (Å²) in [5.74, 6) is -1.53. The van der Waals surface area contributed by atoms with Crippen molar-refractivity contribution in [1.82, 2.24) is 0 Å². The molecule has 0 spiro atoms. The number of anilines is 3. The van der Waals surface area contributed by atoms with Gasteiger partial charge in [0.25, 0.3) is 5.91 Å². The van der Waals surface area contributed by atoms with Gasteiger partial charge in [0.15, 0.2) is 0 Å². The number of hydrogen-bond donors (Lipinski definition) is 3. The molecule has 1 aliphatic rings. The molecular weight excluding hydrogens is 453 g/mol. The van der Waals surface area contributed by atoms with Crippen molar-refractivity contribution in [1.29, 1.82) is 0 Å². The largest absolute Gasteiger partial charge is 1.00 e. The third-order valence-corrected chi connectivity index (χ3v) is 5.11. The fraction of sp³-hybridized carbons (Fsp3) is 0.200. The molecule has 8 nitrogen and oxygen atoms in total. The Bertz CT molecular complexity index is 1040. The van der Waals surface area contributed by atoms with Gasteiger partial charge in [-0.25, -0.2) is 4.79 Å². The molecule has 1 amide bonds. The van der Waals surface area contributed by atoms with E-state index in [1.54, 1.807) is 24.3 Å². The molecule has 1 aliphatic carbocycles. The third kappa shape index (κ3) is 6.80. The second-order valence-corrected chi connectivity index (χ2v) is 7.67. The standard InChI is InChI=1S/C20H20ClN3O5S.Na.H/c21-13-6-8-14(9-7-13)23-18-15(24-30(27)28)10-11-16(17(18)19(22)25)29-20(26)12-4-2-1-3-5-12;;/h4,6-11,23-24H,1-3,5H2,(H2,22,25)(H,27,28);;/q;+1;-1/p-1. The molecule has 2 aromatic rings. The zero-order valence-corrected chi connectivity index (χ0v) is 20.3. The van der Waals surface area contributed by atoms with E-state index in [0.29, 0.717) is 22.7 Å². The van der Waals surface area contributed by atoms with Crippen LogP contribution in [0.5, 0.6) is 5.75 Å². The van der Waals surface area contributed by atoms with Crippen molar-refractivity contribution in [3.8, 4) is 5.75 Å². The van der Waals surface area contributed by atoms with Gasteiger partial charge in [-0.1, -0.05) is 17.7 Å². The Morgan fingerprint density at radius 3 is 2.45 bits per heavy atom. The molecule has 1 unspecified atom stereocenters. The number of benzene rings is 2. The summed E-state index contributed by atoms with van der Waals surface area (Å²) in [5, 5.41) is 3.45. The summed E-state index contributed by atoms with van der Waals surface area (Å²) < 4.78 is 30.1. The van der Waals surface area contributed by atoms with Gasteiger partial charge in [-0.3, -0.25) is 9.00 Å². The van der Waals surface area contributed by atoms with Crippen LogP contribution in [0.2, 0.25) is 5.02 Å². The van der Waals surface area contributed by atoms with Crippen molar-refractivity contribution in [3.63, 3.8) is 0 Å². The first-order valence-electron chi connectivity index (χ1n) is 9.11. The average molecular weight is 473 g/mol. The van der Waals surface area contributed by atoms with Crippen molar-refractivity contribution in [2.75, 3.05) is 10.0 Å². The number of halogens is 1. The second-order valence-electron chi connectivity index (χ2n) is 6.56. The van der Waals surface area contributed by atoms with E-state index in [0.717, 1.165) is 19.3 Å². The summed E-state index contributed by atoms with van der Waals surface area (Å²) in [7, 11) is 0. The van der Waals surface area contributed by atoms with Gasteiger partial charge in [0.05, 0.1) is 11.4 Å². The van der Waals surface area contributed by atoms with E-state index in [4.69, 9.17) is 22.1 Å². The molecule has 3 rings (SSSR count). The van der Waals surface area contributed by atoms with Crippen molar-refractivity contribution in [3.05, 3.63) is 58.6 Å². The van der Waals surface area contributed by atoms with E-state index in [9.17, 15) is 18.4 Å². The Balaban J connectivity index is 0.00000256. The van der Waals surface area contributed by atoms with E-state index in [1.165, 1.54) is 12.1 Å². The summed E-state index contributed by atoms with van der Waals surface area (Å²) in [6.07, 6.45) is 5.08. The van der Waals surface area contributed by atoms with E-state index in [2.05, 4.69) is 10.0 Å². The predicted molar refractivity (Wildman–Crippen MR) is 116 cm³/mol. The zero-order chi connectivity index (χ0) is 21.7. The maximum absolute atomic E-state index is 12.5. The number of carbonyl (C=O) groups is 2. The van der Waals surface area contributed by atoms with Crippen LogP contribution in [0.1, 0.15) is 37.5 Å². The van der Waals surface area contributed by atoms with Gasteiger partial charge in [0.1, 0.15) is 11.3 Å². The second kappa shape index (κ2) is 11.7. The van der Waals surface area contributed by atoms with Crippen LogP contribution in [-0.4, -0.2) is 20.6 Å². The van der Waals surface area contributed by atoms with Gasteiger partial charge < -0.3 is 26.5 Å². The van der Waals surface area contributed by atoms with Crippen molar-refractivity contribution in [2.24, 2.45) is 5.73 Å². The maximum atomic E-state index is 12.5. The first kappa shape index (κ1) is 25.4. The minimum Gasteiger partial charge on any atom is -1.00 e. The number of nitrogens with one attached hydrogen (secondary N) is 2. The molecule has 31 heavy (non-hydrogen) atoms. The van der Waals surface area contributed by atoms with E-state index in [-0.39, 0.29) is 53.7 Å². The summed E-state index contributed by atoms with van der Waals surface area (Å²) in [5.41, 5.74) is 6.56. The van der Waals surface area contributed by atoms with Crippen LogP contribution in [0.3, 0.4) is 0 Å². The SMILES string of the molecule is NC(=O)c1c(OC(=O)C2=CCCCC2)ccc(NS(=O)[O-])c1Nc1ccc(Cl)cc1.[H-].[Na+]. The van der Waals surface area contributed by atoms with Crippen LogP contribution in [0.25, 0.3) is 0 Å². The van der Waals surface area contributed by atoms with Crippen molar-refractivity contribution < 1.29 is 54.1 Å². The molecule has 0 aliphatic heterocycles. The van der Waals surface area contributed by atoms with Gasteiger partial charge in [0.2, 0.25) is 0 Å². The van der Waals surface area contributed by atoms with E-state index >= 15 is 0 Å². The topological polar surface area (TPSA) is 134 Å². The molecule has 0 bridgehead atoms. The first-order valence-corrected chi connectivity index (χ1v) is 10.6. The van der Waals surface area contributed by atoms with E-state index < -0.39 is 23.1 Å². The molecule has 160 valence electrons. The Morgan fingerprint density at radius 1 is 1.16 bits per heavy atom. The molecule has 4 N–H and O–H groups in total. The Morgan fingerprint density at radius 2 is 1.87 bits per heavy atom. The monoisotopic (exact) mass is 472 g/mol. The first-order chi connectivity index (χ1) is 14.3. The van der Waals surface area contributed by atoms with Crippen LogP contribution in [0.15, 0.2) is 48.0 Å². The molecule has 2 aromatic carbocycles. The smallest absolute Gasteiger partial charge is 1.00 e. The van der Waals surface area contributed by atoms with Crippen LogP contribution in [0.4, 0.5) is 17.1 Å². The minimum atomic E-state index is -2.66. The normalized spacial score (nSPS) is 13.9.